The molecule has 1 aromatic heterocycles. The highest BCUT2D eigenvalue weighted by Gasteiger charge is 2.12. The van der Waals surface area contributed by atoms with Crippen molar-refractivity contribution in [1.82, 2.24) is 5.32 Å². The second kappa shape index (κ2) is 7.04. The second-order valence-corrected chi connectivity index (χ2v) is 5.64. The lowest BCUT2D eigenvalue weighted by molar-refractivity contribution is 0.514. The summed E-state index contributed by atoms with van der Waals surface area (Å²) in [6.45, 7) is 2.95. The standard InChI is InChI=1S/C15H17ClFNS/c1-2-18-15(6-3-11-7-8-19-10-11)12-4-5-14(17)13(16)9-12/h4-5,7-10,15,18H,2-3,6H2,1H3. The summed E-state index contributed by atoms with van der Waals surface area (Å²) in [4.78, 5) is 0. The van der Waals surface area contributed by atoms with Crippen LogP contribution in [-0.2, 0) is 6.42 Å². The number of hydrogen-bond acceptors (Lipinski definition) is 2. The summed E-state index contributed by atoms with van der Waals surface area (Å²) < 4.78 is 13.2. The first-order chi connectivity index (χ1) is 9.20. The van der Waals surface area contributed by atoms with Crippen LogP contribution in [0.15, 0.2) is 35.0 Å². The number of nitrogens with one attached hydrogen (secondary N) is 1. The molecule has 0 bridgehead atoms. The van der Waals surface area contributed by atoms with E-state index in [1.165, 1.54) is 11.6 Å². The van der Waals surface area contributed by atoms with Gasteiger partial charge in [0.25, 0.3) is 0 Å². The molecule has 102 valence electrons. The van der Waals surface area contributed by atoms with E-state index < -0.39 is 0 Å². The molecule has 0 radical (unpaired) electrons. The summed E-state index contributed by atoms with van der Waals surface area (Å²) in [5.41, 5.74) is 2.39. The Labute approximate surface area is 122 Å². The maximum Gasteiger partial charge on any atom is 0.141 e. The van der Waals surface area contributed by atoms with Crippen molar-refractivity contribution in [3.63, 3.8) is 0 Å². The quantitative estimate of drug-likeness (QED) is 0.806. The summed E-state index contributed by atoms with van der Waals surface area (Å²) >= 11 is 7.57. The third kappa shape index (κ3) is 4.03. The topological polar surface area (TPSA) is 12.0 Å². The third-order valence-corrected chi connectivity index (χ3v) is 4.12. The molecule has 1 nitrogen and oxygen atoms in total. The Morgan fingerprint density at radius 3 is 2.84 bits per heavy atom. The third-order valence-electron chi connectivity index (χ3n) is 3.10. The fourth-order valence-corrected chi connectivity index (χ4v) is 3.00. The van der Waals surface area contributed by atoms with Crippen molar-refractivity contribution >= 4 is 22.9 Å². The van der Waals surface area contributed by atoms with Crippen LogP contribution in [-0.4, -0.2) is 6.54 Å². The van der Waals surface area contributed by atoms with Crippen molar-refractivity contribution in [1.29, 1.82) is 0 Å². The highest BCUT2D eigenvalue weighted by Crippen LogP contribution is 2.24. The van der Waals surface area contributed by atoms with Crippen LogP contribution < -0.4 is 5.32 Å². The minimum Gasteiger partial charge on any atom is -0.310 e. The number of thiophene rings is 1. The predicted molar refractivity (Wildman–Crippen MR) is 80.5 cm³/mol. The Morgan fingerprint density at radius 1 is 1.37 bits per heavy atom. The van der Waals surface area contributed by atoms with E-state index in [2.05, 4.69) is 29.1 Å². The maximum atomic E-state index is 13.2. The van der Waals surface area contributed by atoms with Crippen LogP contribution in [0.25, 0.3) is 0 Å². The molecule has 19 heavy (non-hydrogen) atoms. The molecule has 0 spiro atoms. The van der Waals surface area contributed by atoms with Crippen molar-refractivity contribution in [2.24, 2.45) is 0 Å². The van der Waals surface area contributed by atoms with E-state index in [9.17, 15) is 4.39 Å². The van der Waals surface area contributed by atoms with Crippen LogP contribution in [0.2, 0.25) is 5.02 Å². The van der Waals surface area contributed by atoms with Crippen molar-refractivity contribution in [2.45, 2.75) is 25.8 Å². The molecule has 0 aliphatic heterocycles. The zero-order valence-corrected chi connectivity index (χ0v) is 12.4. The van der Waals surface area contributed by atoms with Crippen LogP contribution in [0.1, 0.15) is 30.5 Å². The van der Waals surface area contributed by atoms with Gasteiger partial charge in [-0.2, -0.15) is 11.3 Å². The average molecular weight is 298 g/mol. The van der Waals surface area contributed by atoms with Crippen molar-refractivity contribution < 1.29 is 4.39 Å². The summed E-state index contributed by atoms with van der Waals surface area (Å²) in [5, 5.41) is 7.88. The highest BCUT2D eigenvalue weighted by atomic mass is 35.5. The molecular weight excluding hydrogens is 281 g/mol. The monoisotopic (exact) mass is 297 g/mol. The van der Waals surface area contributed by atoms with Crippen molar-refractivity contribution in [2.75, 3.05) is 6.54 Å². The molecule has 0 saturated carbocycles. The van der Waals surface area contributed by atoms with Crippen LogP contribution in [0.3, 0.4) is 0 Å². The van der Waals surface area contributed by atoms with Gasteiger partial charge in [0.2, 0.25) is 0 Å². The molecular formula is C15H17ClFNS. The molecule has 0 saturated heterocycles. The average Bonchev–Trinajstić information content (AvgIpc) is 2.91. The normalized spacial score (nSPS) is 12.6. The first-order valence-electron chi connectivity index (χ1n) is 6.40. The van der Waals surface area contributed by atoms with E-state index in [1.54, 1.807) is 17.4 Å². The molecule has 1 aromatic carbocycles. The summed E-state index contributed by atoms with van der Waals surface area (Å²) in [6, 6.07) is 7.32. The molecule has 2 aromatic rings. The van der Waals surface area contributed by atoms with E-state index in [-0.39, 0.29) is 16.9 Å². The molecule has 1 atom stereocenters. The van der Waals surface area contributed by atoms with E-state index in [4.69, 9.17) is 11.6 Å². The van der Waals surface area contributed by atoms with Gasteiger partial charge in [0.15, 0.2) is 0 Å². The largest absolute Gasteiger partial charge is 0.310 e. The molecule has 0 aliphatic carbocycles. The number of halogens is 2. The Balaban J connectivity index is 2.07. The maximum absolute atomic E-state index is 13.2. The van der Waals surface area contributed by atoms with Gasteiger partial charge in [-0.3, -0.25) is 0 Å². The molecule has 0 amide bonds. The Bertz CT molecular complexity index is 513. The van der Waals surface area contributed by atoms with Crippen LogP contribution in [0, 0.1) is 5.82 Å². The van der Waals surface area contributed by atoms with Crippen LogP contribution >= 0.6 is 22.9 Å². The van der Waals surface area contributed by atoms with E-state index >= 15 is 0 Å². The van der Waals surface area contributed by atoms with Gasteiger partial charge >= 0.3 is 0 Å². The fraction of sp³-hybridized carbons (Fsp3) is 0.333. The SMILES string of the molecule is CCNC(CCc1ccsc1)c1ccc(F)c(Cl)c1. The van der Waals surface area contributed by atoms with Gasteiger partial charge in [0.05, 0.1) is 5.02 Å². The van der Waals surface area contributed by atoms with Crippen molar-refractivity contribution in [3.8, 4) is 0 Å². The molecule has 2 rings (SSSR count). The molecule has 1 heterocycles. The Morgan fingerprint density at radius 2 is 2.21 bits per heavy atom. The first-order valence-corrected chi connectivity index (χ1v) is 7.72. The molecule has 1 N–H and O–H groups in total. The van der Waals surface area contributed by atoms with Gasteiger partial charge in [-0.25, -0.2) is 4.39 Å². The molecule has 4 heteroatoms. The van der Waals surface area contributed by atoms with Gasteiger partial charge < -0.3 is 5.32 Å². The highest BCUT2D eigenvalue weighted by molar-refractivity contribution is 7.07. The van der Waals surface area contributed by atoms with Gasteiger partial charge in [0, 0.05) is 6.04 Å². The molecule has 0 aliphatic rings. The fourth-order valence-electron chi connectivity index (χ4n) is 2.11. The minimum atomic E-state index is -0.363. The van der Waals surface area contributed by atoms with Gasteiger partial charge in [0.1, 0.15) is 5.82 Å². The predicted octanol–water partition coefficient (Wildman–Crippen LogP) is 4.82. The van der Waals surface area contributed by atoms with Gasteiger partial charge in [-0.05, 0) is 59.5 Å². The van der Waals surface area contributed by atoms with Gasteiger partial charge in [-0.1, -0.05) is 24.6 Å². The van der Waals surface area contributed by atoms with Crippen molar-refractivity contribution in [3.05, 3.63) is 57.0 Å². The summed E-state index contributed by atoms with van der Waals surface area (Å²) in [7, 11) is 0. The summed E-state index contributed by atoms with van der Waals surface area (Å²) in [5.74, 6) is -0.363. The Hall–Kier alpha value is -0.900. The van der Waals surface area contributed by atoms with E-state index in [1.807, 2.05) is 6.07 Å². The van der Waals surface area contributed by atoms with Crippen LogP contribution in [0.5, 0.6) is 0 Å². The number of rotatable bonds is 6. The lowest BCUT2D eigenvalue weighted by atomic mass is 10.00. The zero-order valence-electron chi connectivity index (χ0n) is 10.8. The van der Waals surface area contributed by atoms with E-state index in [0.29, 0.717) is 0 Å². The second-order valence-electron chi connectivity index (χ2n) is 4.45. The smallest absolute Gasteiger partial charge is 0.141 e. The van der Waals surface area contributed by atoms with Gasteiger partial charge in [-0.15, -0.1) is 0 Å². The van der Waals surface area contributed by atoms with E-state index in [0.717, 1.165) is 24.9 Å². The Kier molecular flexibility index (Phi) is 5.37. The summed E-state index contributed by atoms with van der Waals surface area (Å²) in [6.07, 6.45) is 1.99. The number of aryl methyl sites for hydroxylation is 1. The zero-order chi connectivity index (χ0) is 13.7. The first kappa shape index (κ1) is 14.5. The lowest BCUT2D eigenvalue weighted by Crippen LogP contribution is -2.21. The van der Waals surface area contributed by atoms with Crippen LogP contribution in [0.4, 0.5) is 4.39 Å². The lowest BCUT2D eigenvalue weighted by Gasteiger charge is -2.18. The molecule has 1 unspecified atom stereocenters. The molecule has 0 fully saturated rings. The number of benzene rings is 1. The minimum absolute atomic E-state index is 0.191. The number of hydrogen-bond donors (Lipinski definition) is 1.